The third kappa shape index (κ3) is 3.95. The van der Waals surface area contributed by atoms with Crippen molar-refractivity contribution in [2.24, 2.45) is 0 Å². The van der Waals surface area contributed by atoms with E-state index in [0.717, 1.165) is 6.07 Å². The molecule has 114 valence electrons. The number of hydrogen-bond acceptors (Lipinski definition) is 5. The lowest BCUT2D eigenvalue weighted by Gasteiger charge is -2.10. The van der Waals surface area contributed by atoms with Gasteiger partial charge in [0.25, 0.3) is 5.69 Å². The minimum Gasteiger partial charge on any atom is -0.490 e. The molecule has 0 radical (unpaired) electrons. The molecular weight excluding hydrogens is 290 g/mol. The van der Waals surface area contributed by atoms with Gasteiger partial charge in [-0.2, -0.15) is 0 Å². The number of carboxylic acid groups (broad SMARTS) is 1. The van der Waals surface area contributed by atoms with Gasteiger partial charge in [0.05, 0.1) is 4.92 Å². The van der Waals surface area contributed by atoms with Crippen molar-refractivity contribution in [2.75, 3.05) is 13.2 Å². The Bertz CT molecular complexity index is 671. The van der Waals surface area contributed by atoms with Crippen molar-refractivity contribution in [1.29, 1.82) is 0 Å². The summed E-state index contributed by atoms with van der Waals surface area (Å²) in [5.74, 6) is -0.550. The normalized spacial score (nSPS) is 10.0. The highest BCUT2D eigenvalue weighted by Gasteiger charge is 2.17. The zero-order valence-corrected chi connectivity index (χ0v) is 11.5. The minimum atomic E-state index is -1.29. The van der Waals surface area contributed by atoms with Crippen LogP contribution < -0.4 is 9.47 Å². The molecule has 0 spiro atoms. The molecule has 22 heavy (non-hydrogen) atoms. The standard InChI is InChI=1S/C15H13NO6/c17-15(18)13-10-11(16(19)20)6-7-14(13)22-9-8-21-12-4-2-1-3-5-12/h1-7,10H,8-9H2,(H,17,18). The quantitative estimate of drug-likeness (QED) is 0.479. The number of nitro benzene ring substituents is 1. The zero-order chi connectivity index (χ0) is 15.9. The number of aromatic carboxylic acids is 1. The second kappa shape index (κ2) is 7.07. The fourth-order valence-electron chi connectivity index (χ4n) is 1.75. The molecule has 0 bridgehead atoms. The molecule has 0 aliphatic carbocycles. The number of non-ortho nitro benzene ring substituents is 1. The van der Waals surface area contributed by atoms with Crippen molar-refractivity contribution >= 4 is 11.7 Å². The van der Waals surface area contributed by atoms with Gasteiger partial charge in [0, 0.05) is 12.1 Å². The fraction of sp³-hybridized carbons (Fsp3) is 0.133. The summed E-state index contributed by atoms with van der Waals surface area (Å²) in [6.45, 7) is 0.340. The Morgan fingerprint density at radius 2 is 1.77 bits per heavy atom. The molecule has 0 amide bonds. The first kappa shape index (κ1) is 15.3. The lowest BCUT2D eigenvalue weighted by atomic mass is 10.2. The highest BCUT2D eigenvalue weighted by molar-refractivity contribution is 5.91. The third-order valence-corrected chi connectivity index (χ3v) is 2.76. The number of carboxylic acids is 1. The Hall–Kier alpha value is -3.09. The summed E-state index contributed by atoms with van der Waals surface area (Å²) in [5.41, 5.74) is -0.556. The molecule has 0 unspecified atom stereocenters. The summed E-state index contributed by atoms with van der Waals surface area (Å²) in [5, 5.41) is 19.7. The molecule has 2 aromatic rings. The van der Waals surface area contributed by atoms with Crippen molar-refractivity contribution in [1.82, 2.24) is 0 Å². The van der Waals surface area contributed by atoms with Gasteiger partial charge in [0.2, 0.25) is 0 Å². The molecule has 0 atom stereocenters. The van der Waals surface area contributed by atoms with Crippen LogP contribution in [0.4, 0.5) is 5.69 Å². The SMILES string of the molecule is O=C(O)c1cc([N+](=O)[O-])ccc1OCCOc1ccccc1. The number of para-hydroxylation sites is 1. The summed E-state index contributed by atoms with van der Waals surface area (Å²) < 4.78 is 10.7. The van der Waals surface area contributed by atoms with Crippen LogP contribution in [0.5, 0.6) is 11.5 Å². The summed E-state index contributed by atoms with van der Waals surface area (Å²) in [7, 11) is 0. The highest BCUT2D eigenvalue weighted by Crippen LogP contribution is 2.24. The number of hydrogen-bond donors (Lipinski definition) is 1. The van der Waals surface area contributed by atoms with E-state index in [1.54, 1.807) is 12.1 Å². The smallest absolute Gasteiger partial charge is 0.339 e. The van der Waals surface area contributed by atoms with Crippen LogP contribution in [0.25, 0.3) is 0 Å². The summed E-state index contributed by atoms with van der Waals surface area (Å²) in [6.07, 6.45) is 0. The monoisotopic (exact) mass is 303 g/mol. The molecule has 0 aromatic heterocycles. The van der Waals surface area contributed by atoms with E-state index in [2.05, 4.69) is 0 Å². The van der Waals surface area contributed by atoms with Crippen molar-refractivity contribution < 1.29 is 24.3 Å². The van der Waals surface area contributed by atoms with Crippen LogP contribution in [0, 0.1) is 10.1 Å². The number of benzene rings is 2. The summed E-state index contributed by atoms with van der Waals surface area (Å²) >= 11 is 0. The molecule has 2 rings (SSSR count). The molecule has 0 aliphatic rings. The Labute approximate surface area is 125 Å². The maximum Gasteiger partial charge on any atom is 0.339 e. The van der Waals surface area contributed by atoms with Gasteiger partial charge in [-0.15, -0.1) is 0 Å². The van der Waals surface area contributed by atoms with E-state index in [0.29, 0.717) is 5.75 Å². The van der Waals surface area contributed by atoms with Crippen molar-refractivity contribution in [2.45, 2.75) is 0 Å². The number of ether oxygens (including phenoxy) is 2. The Balaban J connectivity index is 1.97. The largest absolute Gasteiger partial charge is 0.490 e. The Morgan fingerprint density at radius 1 is 1.09 bits per heavy atom. The van der Waals surface area contributed by atoms with Gasteiger partial charge in [-0.05, 0) is 18.2 Å². The molecular formula is C15H13NO6. The number of carbonyl (C=O) groups is 1. The van der Waals surface area contributed by atoms with E-state index >= 15 is 0 Å². The van der Waals surface area contributed by atoms with Crippen molar-refractivity contribution in [3.05, 3.63) is 64.2 Å². The predicted octanol–water partition coefficient (Wildman–Crippen LogP) is 2.75. The molecule has 1 N–H and O–H groups in total. The topological polar surface area (TPSA) is 98.9 Å². The van der Waals surface area contributed by atoms with Gasteiger partial charge >= 0.3 is 5.97 Å². The lowest BCUT2D eigenvalue weighted by Crippen LogP contribution is -2.11. The summed E-state index contributed by atoms with van der Waals surface area (Å²) in [4.78, 5) is 21.1. The second-order valence-corrected chi connectivity index (χ2v) is 4.25. The van der Waals surface area contributed by atoms with Crippen LogP contribution >= 0.6 is 0 Å². The molecule has 0 fully saturated rings. The Morgan fingerprint density at radius 3 is 2.41 bits per heavy atom. The van der Waals surface area contributed by atoms with Crippen LogP contribution in [0.1, 0.15) is 10.4 Å². The predicted molar refractivity (Wildman–Crippen MR) is 77.5 cm³/mol. The second-order valence-electron chi connectivity index (χ2n) is 4.25. The fourth-order valence-corrected chi connectivity index (χ4v) is 1.75. The van der Waals surface area contributed by atoms with Crippen LogP contribution in [-0.2, 0) is 0 Å². The average Bonchev–Trinajstić information content (AvgIpc) is 2.52. The van der Waals surface area contributed by atoms with Crippen LogP contribution in [0.2, 0.25) is 0 Å². The molecule has 0 saturated carbocycles. The molecule has 7 heteroatoms. The maximum absolute atomic E-state index is 11.1. The maximum atomic E-state index is 11.1. The van der Waals surface area contributed by atoms with Crippen molar-refractivity contribution in [3.8, 4) is 11.5 Å². The molecule has 2 aromatic carbocycles. The Kier molecular flexibility index (Phi) is 4.92. The van der Waals surface area contributed by atoms with Gasteiger partial charge in [0.15, 0.2) is 0 Å². The van der Waals surface area contributed by atoms with Gasteiger partial charge in [-0.25, -0.2) is 4.79 Å². The third-order valence-electron chi connectivity index (χ3n) is 2.76. The first-order chi connectivity index (χ1) is 10.6. The lowest BCUT2D eigenvalue weighted by molar-refractivity contribution is -0.384. The number of rotatable bonds is 7. The molecule has 0 saturated heterocycles. The van der Waals surface area contributed by atoms with Gasteiger partial charge in [-0.3, -0.25) is 10.1 Å². The number of nitro groups is 1. The van der Waals surface area contributed by atoms with Crippen LogP contribution in [0.3, 0.4) is 0 Å². The van der Waals surface area contributed by atoms with Gasteiger partial charge in [0.1, 0.15) is 30.3 Å². The van der Waals surface area contributed by atoms with Crippen LogP contribution in [-0.4, -0.2) is 29.2 Å². The van der Waals surface area contributed by atoms with E-state index in [1.807, 2.05) is 18.2 Å². The van der Waals surface area contributed by atoms with Crippen molar-refractivity contribution in [3.63, 3.8) is 0 Å². The van der Waals surface area contributed by atoms with E-state index in [9.17, 15) is 14.9 Å². The summed E-state index contributed by atoms with van der Waals surface area (Å²) in [6, 6.07) is 12.5. The average molecular weight is 303 g/mol. The molecule has 0 aliphatic heterocycles. The first-order valence-electron chi connectivity index (χ1n) is 6.40. The number of nitrogens with zero attached hydrogens (tertiary/aromatic N) is 1. The minimum absolute atomic E-state index is 0.0646. The van der Waals surface area contributed by atoms with Crippen LogP contribution in [0.15, 0.2) is 48.5 Å². The van der Waals surface area contributed by atoms with E-state index in [1.165, 1.54) is 12.1 Å². The molecule has 0 heterocycles. The van der Waals surface area contributed by atoms with E-state index in [4.69, 9.17) is 14.6 Å². The zero-order valence-electron chi connectivity index (χ0n) is 11.5. The highest BCUT2D eigenvalue weighted by atomic mass is 16.6. The molecule has 7 nitrogen and oxygen atoms in total. The first-order valence-corrected chi connectivity index (χ1v) is 6.40. The van der Waals surface area contributed by atoms with E-state index in [-0.39, 0.29) is 30.2 Å². The van der Waals surface area contributed by atoms with Gasteiger partial charge in [-0.1, -0.05) is 18.2 Å². The van der Waals surface area contributed by atoms with E-state index < -0.39 is 10.9 Å². The van der Waals surface area contributed by atoms with Gasteiger partial charge < -0.3 is 14.6 Å².